The van der Waals surface area contributed by atoms with E-state index in [1.54, 1.807) is 0 Å². The largest absolute Gasteiger partial charge is 4.00 e. The summed E-state index contributed by atoms with van der Waals surface area (Å²) in [7, 11) is 0. The molecule has 0 saturated carbocycles. The van der Waals surface area contributed by atoms with Gasteiger partial charge in [0.05, 0.1) is 0 Å². The van der Waals surface area contributed by atoms with E-state index in [0.29, 0.717) is 0 Å². The smallest absolute Gasteiger partial charge is 1.00 e. The van der Waals surface area contributed by atoms with Crippen molar-refractivity contribution < 1.29 is 55.7 Å². The van der Waals surface area contributed by atoms with Crippen LogP contribution in [0.4, 0.5) is 0 Å². The molecule has 0 atom stereocenters. The molecule has 0 nitrogen and oxygen atoms in total. The van der Waals surface area contributed by atoms with E-state index in [1.807, 2.05) is 0 Å². The van der Waals surface area contributed by atoms with Crippen LogP contribution in [0.1, 0.15) is 0 Å². The quantitative estimate of drug-likeness (QED) is 0.292. The third kappa shape index (κ3) is 27.3. The molecule has 5 heavy (non-hydrogen) atoms. The first-order chi connectivity index (χ1) is 0. The van der Waals surface area contributed by atoms with Crippen LogP contribution in [0.3, 0.4) is 0 Å². The molecule has 0 unspecified atom stereocenters. The Kier molecular flexibility index (Phi) is 678. The van der Waals surface area contributed by atoms with Gasteiger partial charge in [0.15, 0.2) is 0 Å². The molecule has 0 aromatic carbocycles. The molecule has 3 heteroatoms. The SMILES string of the molecule is [Br-].[Br-].[CH3-].[CH3-].[Ti+4]. The summed E-state index contributed by atoms with van der Waals surface area (Å²) in [6.07, 6.45) is 0. The number of halogens is 2. The summed E-state index contributed by atoms with van der Waals surface area (Å²) >= 11 is 0. The van der Waals surface area contributed by atoms with E-state index < -0.39 is 0 Å². The van der Waals surface area contributed by atoms with Crippen molar-refractivity contribution in [2.24, 2.45) is 0 Å². The van der Waals surface area contributed by atoms with E-state index >= 15 is 0 Å². The van der Waals surface area contributed by atoms with Crippen molar-refractivity contribution >= 4 is 0 Å². The maximum Gasteiger partial charge on any atom is 4.00 e. The van der Waals surface area contributed by atoms with Crippen LogP contribution in [0.25, 0.3) is 0 Å². The van der Waals surface area contributed by atoms with Gasteiger partial charge in [0.2, 0.25) is 0 Å². The summed E-state index contributed by atoms with van der Waals surface area (Å²) in [5.41, 5.74) is 0. The predicted octanol–water partition coefficient (Wildman–Crippen LogP) is -5.09. The maximum atomic E-state index is 0. The molecular weight excluding hydrogens is 232 g/mol. The van der Waals surface area contributed by atoms with Crippen molar-refractivity contribution in [3.8, 4) is 0 Å². The van der Waals surface area contributed by atoms with Crippen LogP contribution in [-0.2, 0) is 21.7 Å². The van der Waals surface area contributed by atoms with Gasteiger partial charge in [-0.3, -0.25) is 0 Å². The fourth-order valence-electron chi connectivity index (χ4n) is 0. The van der Waals surface area contributed by atoms with Gasteiger partial charge in [-0.1, -0.05) is 0 Å². The van der Waals surface area contributed by atoms with Gasteiger partial charge >= 0.3 is 21.7 Å². The zero-order valence-corrected chi connectivity index (χ0v) is 7.99. The van der Waals surface area contributed by atoms with Crippen LogP contribution in [0.5, 0.6) is 0 Å². The standard InChI is InChI=1S/2CH3.2BrH.Ti/h2*1H3;2*1H;/q2*-1;;;+4/p-2. The molecular formula is C2H6Br2Ti. The van der Waals surface area contributed by atoms with Gasteiger partial charge in [-0.25, -0.2) is 0 Å². The number of hydrogen-bond acceptors (Lipinski definition) is 0. The van der Waals surface area contributed by atoms with E-state index in [1.165, 1.54) is 0 Å². The van der Waals surface area contributed by atoms with Crippen molar-refractivity contribution in [3.63, 3.8) is 0 Å². The first-order valence-corrected chi connectivity index (χ1v) is 0. The summed E-state index contributed by atoms with van der Waals surface area (Å²) < 4.78 is 0. The molecule has 0 saturated heterocycles. The van der Waals surface area contributed by atoms with E-state index in [2.05, 4.69) is 0 Å². The van der Waals surface area contributed by atoms with Gasteiger partial charge in [-0.15, -0.1) is 0 Å². The van der Waals surface area contributed by atoms with Crippen LogP contribution in [-0.4, -0.2) is 0 Å². The summed E-state index contributed by atoms with van der Waals surface area (Å²) in [5.74, 6) is 0. The van der Waals surface area contributed by atoms with Crippen molar-refractivity contribution in [2.75, 3.05) is 0 Å². The monoisotopic (exact) mass is 236 g/mol. The fraction of sp³-hybridized carbons (Fsp3) is 0. The Bertz CT molecular complexity index is 7.61. The molecule has 0 aromatic rings. The summed E-state index contributed by atoms with van der Waals surface area (Å²) in [6, 6.07) is 0. The molecule has 0 aliphatic rings. The minimum absolute atomic E-state index is 0. The zero-order chi connectivity index (χ0) is 0. The molecule has 0 heterocycles. The molecule has 0 amide bonds. The predicted molar refractivity (Wildman–Crippen MR) is 12.8 cm³/mol. The van der Waals surface area contributed by atoms with Crippen molar-refractivity contribution in [2.45, 2.75) is 0 Å². The van der Waals surface area contributed by atoms with Crippen LogP contribution < -0.4 is 34.0 Å². The van der Waals surface area contributed by atoms with Gasteiger partial charge in [-0.05, 0) is 0 Å². The Labute approximate surface area is 70.1 Å². The molecule has 0 spiro atoms. The third-order valence-electron chi connectivity index (χ3n) is 0. The minimum atomic E-state index is 0. The van der Waals surface area contributed by atoms with Crippen LogP contribution in [0, 0.1) is 14.9 Å². The number of rotatable bonds is 0. The van der Waals surface area contributed by atoms with E-state index in [0.717, 1.165) is 0 Å². The maximum absolute atomic E-state index is 0. The van der Waals surface area contributed by atoms with Crippen molar-refractivity contribution in [3.05, 3.63) is 14.9 Å². The Balaban J connectivity index is 0. The fourth-order valence-corrected chi connectivity index (χ4v) is 0. The molecule has 0 N–H and O–H groups in total. The van der Waals surface area contributed by atoms with Crippen LogP contribution in [0.2, 0.25) is 0 Å². The Morgan fingerprint density at radius 2 is 0.600 bits per heavy atom. The average Bonchev–Trinajstić information content (AvgIpc) is 0. The second-order valence-electron chi connectivity index (χ2n) is 0. The first kappa shape index (κ1) is 76.7. The van der Waals surface area contributed by atoms with Crippen molar-refractivity contribution in [1.29, 1.82) is 0 Å². The van der Waals surface area contributed by atoms with Gasteiger partial charge in [0, 0.05) is 0 Å². The average molecular weight is 238 g/mol. The minimum Gasteiger partial charge on any atom is -1.00 e. The third-order valence-corrected chi connectivity index (χ3v) is 0. The normalized spacial score (nSPS) is 0. The Hall–Kier alpha value is 1.67. The zero-order valence-electron chi connectivity index (χ0n) is 3.26. The molecule has 32 valence electrons. The molecule has 0 bridgehead atoms. The van der Waals surface area contributed by atoms with Crippen LogP contribution >= 0.6 is 0 Å². The summed E-state index contributed by atoms with van der Waals surface area (Å²) in [6.45, 7) is 0. The molecule has 0 radical (unpaired) electrons. The second-order valence-corrected chi connectivity index (χ2v) is 0. The Morgan fingerprint density at radius 3 is 0.600 bits per heavy atom. The molecule has 0 fully saturated rings. The molecule has 0 aliphatic carbocycles. The number of hydrogen-bond donors (Lipinski definition) is 0. The molecule has 0 rings (SSSR count). The van der Waals surface area contributed by atoms with Crippen molar-refractivity contribution in [1.82, 2.24) is 0 Å². The first-order valence-electron chi connectivity index (χ1n) is 0. The van der Waals surface area contributed by atoms with Gasteiger partial charge in [0.25, 0.3) is 0 Å². The Morgan fingerprint density at radius 1 is 0.600 bits per heavy atom. The molecule has 0 aromatic heterocycles. The summed E-state index contributed by atoms with van der Waals surface area (Å²) in [4.78, 5) is 0. The molecule has 0 aliphatic heterocycles. The topological polar surface area (TPSA) is 0 Å². The van der Waals surface area contributed by atoms with E-state index in [9.17, 15) is 0 Å². The van der Waals surface area contributed by atoms with Gasteiger partial charge in [-0.2, -0.15) is 0 Å². The second kappa shape index (κ2) is 44.2. The van der Waals surface area contributed by atoms with E-state index in [4.69, 9.17) is 0 Å². The van der Waals surface area contributed by atoms with Crippen LogP contribution in [0.15, 0.2) is 0 Å². The van der Waals surface area contributed by atoms with Gasteiger partial charge < -0.3 is 48.8 Å². The summed E-state index contributed by atoms with van der Waals surface area (Å²) in [5, 5.41) is 0. The van der Waals surface area contributed by atoms with Gasteiger partial charge in [0.1, 0.15) is 0 Å². The van der Waals surface area contributed by atoms with E-state index in [-0.39, 0.29) is 70.5 Å².